The van der Waals surface area contributed by atoms with Gasteiger partial charge in [0.15, 0.2) is 0 Å². The highest BCUT2D eigenvalue weighted by atomic mass is 16.5. The highest BCUT2D eigenvalue weighted by Crippen LogP contribution is 2.33. The van der Waals surface area contributed by atoms with Crippen LogP contribution in [0.3, 0.4) is 0 Å². The fourth-order valence-corrected chi connectivity index (χ4v) is 5.16. The van der Waals surface area contributed by atoms with Gasteiger partial charge in [0.1, 0.15) is 0 Å². The molecule has 0 atom stereocenters. The summed E-state index contributed by atoms with van der Waals surface area (Å²) in [7, 11) is 0. The topological polar surface area (TPSA) is 26.3 Å². The number of esters is 1. The minimum absolute atomic E-state index is 0.168. The molecule has 0 heterocycles. The van der Waals surface area contributed by atoms with E-state index in [1.54, 1.807) is 11.1 Å². The summed E-state index contributed by atoms with van der Waals surface area (Å²) < 4.78 is 4.96. The molecule has 0 saturated carbocycles. The minimum atomic E-state index is -0.168. The van der Waals surface area contributed by atoms with Crippen molar-refractivity contribution in [1.82, 2.24) is 0 Å². The molecule has 0 bridgehead atoms. The van der Waals surface area contributed by atoms with Gasteiger partial charge >= 0.3 is 5.97 Å². The molecule has 34 heavy (non-hydrogen) atoms. The standard InChI is InChI=1S/C18H16.C14H14O2/c1-3-7-15-13(5-1)9-11-18-16-8-4-2-6-14(16)10-12-17(15)18;1-2-16-14(15)10-12-8-5-7-11-6-3-4-9-13(11)12/h1,3,5,7,9-12H,2,4,6,8H2;3-9H,2,10H2,1H3. The summed E-state index contributed by atoms with van der Waals surface area (Å²) in [6.07, 6.45) is 5.56. The first kappa shape index (κ1) is 22.2. The lowest BCUT2D eigenvalue weighted by atomic mass is 9.86. The molecule has 2 heteroatoms. The van der Waals surface area contributed by atoms with E-state index in [2.05, 4.69) is 48.5 Å². The van der Waals surface area contributed by atoms with Crippen molar-refractivity contribution in [2.75, 3.05) is 6.61 Å². The molecule has 0 N–H and O–H groups in total. The number of benzene rings is 5. The molecule has 0 aromatic heterocycles. The lowest BCUT2D eigenvalue weighted by Gasteiger charge is -2.18. The molecule has 0 amide bonds. The molecule has 6 rings (SSSR count). The van der Waals surface area contributed by atoms with E-state index in [-0.39, 0.29) is 5.97 Å². The van der Waals surface area contributed by atoms with Gasteiger partial charge in [-0.15, -0.1) is 0 Å². The summed E-state index contributed by atoms with van der Waals surface area (Å²) in [5.41, 5.74) is 4.20. The molecular formula is C32H30O2. The largest absolute Gasteiger partial charge is 0.466 e. The summed E-state index contributed by atoms with van der Waals surface area (Å²) in [6, 6.07) is 32.0. The average Bonchev–Trinajstić information content (AvgIpc) is 2.89. The van der Waals surface area contributed by atoms with Gasteiger partial charge < -0.3 is 4.74 Å². The predicted molar refractivity (Wildman–Crippen MR) is 142 cm³/mol. The molecule has 0 aliphatic heterocycles. The van der Waals surface area contributed by atoms with E-state index >= 15 is 0 Å². The number of carbonyl (C=O) groups is 1. The van der Waals surface area contributed by atoms with Crippen LogP contribution in [0, 0.1) is 0 Å². The van der Waals surface area contributed by atoms with Crippen LogP contribution in [0.5, 0.6) is 0 Å². The highest BCUT2D eigenvalue weighted by molar-refractivity contribution is 6.08. The Morgan fingerprint density at radius 1 is 0.676 bits per heavy atom. The number of fused-ring (bicyclic) bond motifs is 6. The number of rotatable bonds is 3. The minimum Gasteiger partial charge on any atom is -0.466 e. The second-order valence-corrected chi connectivity index (χ2v) is 8.91. The van der Waals surface area contributed by atoms with E-state index < -0.39 is 0 Å². The second-order valence-electron chi connectivity index (χ2n) is 8.91. The Kier molecular flexibility index (Phi) is 6.58. The predicted octanol–water partition coefficient (Wildman–Crippen LogP) is 7.82. The van der Waals surface area contributed by atoms with Gasteiger partial charge in [-0.2, -0.15) is 0 Å². The number of hydrogen-bond donors (Lipinski definition) is 0. The Morgan fingerprint density at radius 3 is 2.18 bits per heavy atom. The lowest BCUT2D eigenvalue weighted by molar-refractivity contribution is -0.142. The number of carbonyl (C=O) groups excluding carboxylic acids is 1. The highest BCUT2D eigenvalue weighted by Gasteiger charge is 2.13. The summed E-state index contributed by atoms with van der Waals surface area (Å²) >= 11 is 0. The van der Waals surface area contributed by atoms with Crippen molar-refractivity contribution in [2.45, 2.75) is 39.0 Å². The molecule has 2 nitrogen and oxygen atoms in total. The molecule has 170 valence electrons. The zero-order chi connectivity index (χ0) is 23.3. The molecule has 0 radical (unpaired) electrons. The summed E-state index contributed by atoms with van der Waals surface area (Å²) in [5, 5.41) is 7.92. The lowest BCUT2D eigenvalue weighted by Crippen LogP contribution is -2.07. The number of ether oxygens (including phenoxy) is 1. The first-order chi connectivity index (χ1) is 16.7. The molecule has 0 fully saturated rings. The SMILES string of the molecule is CCOC(=O)Cc1cccc2ccccc12.c1ccc2c(c1)ccc1c3c(ccc12)CCCC3. The molecule has 0 spiro atoms. The summed E-state index contributed by atoms with van der Waals surface area (Å²) in [4.78, 5) is 11.4. The van der Waals surface area contributed by atoms with Crippen LogP contribution in [0.2, 0.25) is 0 Å². The van der Waals surface area contributed by atoms with Gasteiger partial charge in [0.2, 0.25) is 0 Å². The van der Waals surface area contributed by atoms with Crippen molar-refractivity contribution in [3.63, 3.8) is 0 Å². The maximum atomic E-state index is 11.4. The Balaban J connectivity index is 0.000000143. The Bertz CT molecular complexity index is 1460. The number of aryl methyl sites for hydroxylation is 2. The Hall–Kier alpha value is -3.65. The van der Waals surface area contributed by atoms with Crippen molar-refractivity contribution in [1.29, 1.82) is 0 Å². The van der Waals surface area contributed by atoms with E-state index in [1.165, 1.54) is 47.2 Å². The van der Waals surface area contributed by atoms with E-state index in [0.29, 0.717) is 13.0 Å². The zero-order valence-electron chi connectivity index (χ0n) is 19.7. The van der Waals surface area contributed by atoms with Gasteiger partial charge in [-0.1, -0.05) is 91.0 Å². The van der Waals surface area contributed by atoms with Crippen molar-refractivity contribution in [3.05, 3.63) is 108 Å². The van der Waals surface area contributed by atoms with Crippen LogP contribution < -0.4 is 0 Å². The molecular weight excluding hydrogens is 416 g/mol. The van der Waals surface area contributed by atoms with Crippen LogP contribution in [0.25, 0.3) is 32.3 Å². The second kappa shape index (κ2) is 10.1. The maximum Gasteiger partial charge on any atom is 0.310 e. The third-order valence-corrected chi connectivity index (χ3v) is 6.78. The molecule has 5 aromatic rings. The normalized spacial score (nSPS) is 12.7. The van der Waals surface area contributed by atoms with Crippen LogP contribution in [0.4, 0.5) is 0 Å². The Labute approximate surface area is 201 Å². The monoisotopic (exact) mass is 446 g/mol. The van der Waals surface area contributed by atoms with Crippen molar-refractivity contribution < 1.29 is 9.53 Å². The quantitative estimate of drug-likeness (QED) is 0.209. The molecule has 1 aliphatic rings. The smallest absolute Gasteiger partial charge is 0.310 e. The van der Waals surface area contributed by atoms with Crippen LogP contribution in [-0.2, 0) is 28.8 Å². The number of hydrogen-bond acceptors (Lipinski definition) is 2. The van der Waals surface area contributed by atoms with Gasteiger partial charge in [-0.05, 0) is 81.6 Å². The van der Waals surface area contributed by atoms with Gasteiger partial charge in [0.05, 0.1) is 13.0 Å². The summed E-state index contributed by atoms with van der Waals surface area (Å²) in [6.45, 7) is 2.25. The molecule has 0 saturated heterocycles. The van der Waals surface area contributed by atoms with E-state index in [0.717, 1.165) is 16.3 Å². The third kappa shape index (κ3) is 4.54. The third-order valence-electron chi connectivity index (χ3n) is 6.78. The van der Waals surface area contributed by atoms with Crippen molar-refractivity contribution >= 4 is 38.3 Å². The van der Waals surface area contributed by atoms with Crippen LogP contribution in [0.15, 0.2) is 91.0 Å². The van der Waals surface area contributed by atoms with E-state index in [4.69, 9.17) is 4.74 Å². The molecule has 1 aliphatic carbocycles. The van der Waals surface area contributed by atoms with E-state index in [1.807, 2.05) is 49.4 Å². The van der Waals surface area contributed by atoms with Gasteiger partial charge in [0, 0.05) is 0 Å². The van der Waals surface area contributed by atoms with Crippen LogP contribution in [-0.4, -0.2) is 12.6 Å². The van der Waals surface area contributed by atoms with E-state index in [9.17, 15) is 4.79 Å². The Morgan fingerprint density at radius 2 is 1.35 bits per heavy atom. The molecule has 0 unspecified atom stereocenters. The first-order valence-electron chi connectivity index (χ1n) is 12.3. The average molecular weight is 447 g/mol. The van der Waals surface area contributed by atoms with Gasteiger partial charge in [-0.3, -0.25) is 4.79 Å². The van der Waals surface area contributed by atoms with Crippen molar-refractivity contribution in [3.8, 4) is 0 Å². The van der Waals surface area contributed by atoms with Gasteiger partial charge in [-0.25, -0.2) is 0 Å². The zero-order valence-corrected chi connectivity index (χ0v) is 19.7. The fraction of sp³-hybridized carbons (Fsp3) is 0.219. The fourth-order valence-electron chi connectivity index (χ4n) is 5.16. The van der Waals surface area contributed by atoms with Gasteiger partial charge in [0.25, 0.3) is 0 Å². The first-order valence-corrected chi connectivity index (χ1v) is 12.3. The maximum absolute atomic E-state index is 11.4. The van der Waals surface area contributed by atoms with Crippen LogP contribution >= 0.6 is 0 Å². The van der Waals surface area contributed by atoms with Crippen molar-refractivity contribution in [2.24, 2.45) is 0 Å². The summed E-state index contributed by atoms with van der Waals surface area (Å²) in [5.74, 6) is -0.168. The van der Waals surface area contributed by atoms with Crippen LogP contribution in [0.1, 0.15) is 36.5 Å². The molecule has 5 aromatic carbocycles.